The van der Waals surface area contributed by atoms with Gasteiger partial charge < -0.3 is 0 Å². The molecule has 0 heterocycles. The maximum Gasteiger partial charge on any atom is 0.121 e. The van der Waals surface area contributed by atoms with Crippen LogP contribution in [0.4, 0.5) is 0 Å². The van der Waals surface area contributed by atoms with Crippen molar-refractivity contribution in [3.8, 4) is 0 Å². The summed E-state index contributed by atoms with van der Waals surface area (Å²) in [6.45, 7) is 2.14. The van der Waals surface area contributed by atoms with E-state index in [0.717, 1.165) is 12.8 Å². The van der Waals surface area contributed by atoms with E-state index in [2.05, 4.69) is 6.92 Å². The molecule has 10 heavy (non-hydrogen) atoms. The Labute approximate surface area is 77.1 Å². The van der Waals surface area contributed by atoms with Gasteiger partial charge in [0, 0.05) is 5.03 Å². The lowest BCUT2D eigenvalue weighted by atomic mass is 10.2. The third kappa shape index (κ3) is 5.40. The SMILES string of the molecule is CCCCCC(Cl)=C(Cl)Cl. The molecular formula is C7H11Cl3. The first-order valence-corrected chi connectivity index (χ1v) is 4.51. The second kappa shape index (κ2) is 6.33. The van der Waals surface area contributed by atoms with Crippen molar-refractivity contribution in [2.24, 2.45) is 0 Å². The highest BCUT2D eigenvalue weighted by atomic mass is 35.5. The van der Waals surface area contributed by atoms with Crippen molar-refractivity contribution in [2.45, 2.75) is 32.6 Å². The summed E-state index contributed by atoms with van der Waals surface area (Å²) in [7, 11) is 0. The van der Waals surface area contributed by atoms with Gasteiger partial charge in [-0.25, -0.2) is 0 Å². The normalized spacial score (nSPS) is 9.60. The third-order valence-corrected chi connectivity index (χ3v) is 2.23. The van der Waals surface area contributed by atoms with E-state index in [4.69, 9.17) is 34.8 Å². The van der Waals surface area contributed by atoms with Crippen LogP contribution in [0.15, 0.2) is 9.52 Å². The summed E-state index contributed by atoms with van der Waals surface area (Å²) in [6.07, 6.45) is 4.23. The highest BCUT2D eigenvalue weighted by Crippen LogP contribution is 2.22. The van der Waals surface area contributed by atoms with E-state index in [1.54, 1.807) is 0 Å². The van der Waals surface area contributed by atoms with Gasteiger partial charge in [0.2, 0.25) is 0 Å². The minimum Gasteiger partial charge on any atom is -0.0866 e. The second-order valence-corrected chi connectivity index (χ2v) is 3.53. The van der Waals surface area contributed by atoms with Crippen LogP contribution in [0.25, 0.3) is 0 Å². The highest BCUT2D eigenvalue weighted by Gasteiger charge is 1.97. The lowest BCUT2D eigenvalue weighted by molar-refractivity contribution is 0.725. The monoisotopic (exact) mass is 200 g/mol. The van der Waals surface area contributed by atoms with Crippen LogP contribution >= 0.6 is 34.8 Å². The van der Waals surface area contributed by atoms with Crippen LogP contribution in [-0.2, 0) is 0 Å². The van der Waals surface area contributed by atoms with Crippen molar-refractivity contribution in [1.29, 1.82) is 0 Å². The molecule has 0 aliphatic rings. The number of hydrogen-bond acceptors (Lipinski definition) is 0. The Bertz CT molecular complexity index is 114. The van der Waals surface area contributed by atoms with Gasteiger partial charge in [-0.05, 0) is 12.8 Å². The Morgan fingerprint density at radius 3 is 2.10 bits per heavy atom. The Kier molecular flexibility index (Phi) is 6.71. The summed E-state index contributed by atoms with van der Waals surface area (Å²) in [5.41, 5.74) is 0. The Balaban J connectivity index is 3.40. The molecule has 0 N–H and O–H groups in total. The molecule has 0 aliphatic carbocycles. The summed E-state index contributed by atoms with van der Waals surface area (Å²) >= 11 is 16.5. The topological polar surface area (TPSA) is 0 Å². The van der Waals surface area contributed by atoms with Crippen molar-refractivity contribution in [1.82, 2.24) is 0 Å². The fourth-order valence-electron chi connectivity index (χ4n) is 0.625. The van der Waals surface area contributed by atoms with Gasteiger partial charge in [0.25, 0.3) is 0 Å². The predicted octanol–water partition coefficient (Wildman–Crippen LogP) is 4.45. The summed E-state index contributed by atoms with van der Waals surface area (Å²) in [4.78, 5) is 0. The van der Waals surface area contributed by atoms with Crippen LogP contribution in [0, 0.1) is 0 Å². The van der Waals surface area contributed by atoms with Gasteiger partial charge >= 0.3 is 0 Å². The summed E-state index contributed by atoms with van der Waals surface area (Å²) in [5.74, 6) is 0. The molecule has 60 valence electrons. The van der Waals surface area contributed by atoms with Crippen LogP contribution in [0.3, 0.4) is 0 Å². The van der Waals surface area contributed by atoms with Crippen LogP contribution < -0.4 is 0 Å². The van der Waals surface area contributed by atoms with Gasteiger partial charge in [-0.2, -0.15) is 0 Å². The Morgan fingerprint density at radius 1 is 1.10 bits per heavy atom. The molecule has 0 saturated carbocycles. The van der Waals surface area contributed by atoms with Crippen molar-refractivity contribution < 1.29 is 0 Å². The van der Waals surface area contributed by atoms with Crippen LogP contribution in [0.2, 0.25) is 0 Å². The first kappa shape index (κ1) is 10.6. The van der Waals surface area contributed by atoms with Crippen molar-refractivity contribution >= 4 is 34.8 Å². The van der Waals surface area contributed by atoms with Gasteiger partial charge in [-0.1, -0.05) is 54.6 Å². The number of hydrogen-bond donors (Lipinski definition) is 0. The van der Waals surface area contributed by atoms with Crippen LogP contribution in [0.1, 0.15) is 32.6 Å². The van der Waals surface area contributed by atoms with E-state index in [-0.39, 0.29) is 4.49 Å². The molecule has 0 radical (unpaired) electrons. The molecule has 0 aromatic heterocycles. The molecule has 0 nitrogen and oxygen atoms in total. The summed E-state index contributed by atoms with van der Waals surface area (Å²) < 4.78 is 0.206. The van der Waals surface area contributed by atoms with Crippen LogP contribution in [0.5, 0.6) is 0 Å². The van der Waals surface area contributed by atoms with Gasteiger partial charge in [-0.3, -0.25) is 0 Å². The average Bonchev–Trinajstić information content (AvgIpc) is 1.88. The molecule has 0 atom stereocenters. The Hall–Kier alpha value is 0.610. The molecule has 0 aromatic carbocycles. The van der Waals surface area contributed by atoms with E-state index in [1.165, 1.54) is 12.8 Å². The van der Waals surface area contributed by atoms with Crippen molar-refractivity contribution in [3.05, 3.63) is 9.52 Å². The lowest BCUT2D eigenvalue weighted by Crippen LogP contribution is -1.76. The molecule has 0 spiro atoms. The number of unbranched alkanes of at least 4 members (excludes halogenated alkanes) is 2. The van der Waals surface area contributed by atoms with Gasteiger partial charge in [0.1, 0.15) is 4.49 Å². The fourth-order valence-corrected chi connectivity index (χ4v) is 0.947. The van der Waals surface area contributed by atoms with Crippen molar-refractivity contribution in [2.75, 3.05) is 0 Å². The molecule has 0 unspecified atom stereocenters. The first-order chi connectivity index (χ1) is 4.68. The van der Waals surface area contributed by atoms with E-state index in [1.807, 2.05) is 0 Å². The highest BCUT2D eigenvalue weighted by molar-refractivity contribution is 6.59. The zero-order valence-electron chi connectivity index (χ0n) is 5.96. The maximum absolute atomic E-state index is 5.67. The van der Waals surface area contributed by atoms with E-state index >= 15 is 0 Å². The van der Waals surface area contributed by atoms with Gasteiger partial charge in [0.15, 0.2) is 0 Å². The molecule has 0 aromatic rings. The maximum atomic E-state index is 5.67. The van der Waals surface area contributed by atoms with Gasteiger partial charge in [0.05, 0.1) is 0 Å². The molecular weight excluding hydrogens is 190 g/mol. The van der Waals surface area contributed by atoms with E-state index in [0.29, 0.717) is 5.03 Å². The molecule has 0 saturated heterocycles. The minimum absolute atomic E-state index is 0.206. The second-order valence-electron chi connectivity index (χ2n) is 2.12. The summed E-state index contributed by atoms with van der Waals surface area (Å²) in [6, 6.07) is 0. The number of allylic oxidation sites excluding steroid dienone is 1. The first-order valence-electron chi connectivity index (χ1n) is 3.38. The molecule has 0 aliphatic heterocycles. The standard InChI is InChI=1S/C7H11Cl3/c1-2-3-4-5-6(8)7(9)10/h2-5H2,1H3. The molecule has 0 amide bonds. The number of rotatable bonds is 4. The molecule has 0 rings (SSSR count). The lowest BCUT2D eigenvalue weighted by Gasteiger charge is -1.96. The smallest absolute Gasteiger partial charge is 0.0866 e. The average molecular weight is 202 g/mol. The van der Waals surface area contributed by atoms with E-state index < -0.39 is 0 Å². The van der Waals surface area contributed by atoms with Crippen molar-refractivity contribution in [3.63, 3.8) is 0 Å². The zero-order valence-corrected chi connectivity index (χ0v) is 8.23. The predicted molar refractivity (Wildman–Crippen MR) is 48.7 cm³/mol. The molecule has 0 bridgehead atoms. The quantitative estimate of drug-likeness (QED) is 0.590. The summed E-state index contributed by atoms with van der Waals surface area (Å²) in [5, 5.41) is 0.580. The third-order valence-electron chi connectivity index (χ3n) is 1.20. The fraction of sp³-hybridized carbons (Fsp3) is 0.714. The molecule has 3 heteroatoms. The minimum atomic E-state index is 0.206. The van der Waals surface area contributed by atoms with Crippen LogP contribution in [-0.4, -0.2) is 0 Å². The van der Waals surface area contributed by atoms with Gasteiger partial charge in [-0.15, -0.1) is 0 Å². The zero-order chi connectivity index (χ0) is 7.98. The van der Waals surface area contributed by atoms with E-state index in [9.17, 15) is 0 Å². The largest absolute Gasteiger partial charge is 0.121 e. The number of halogens is 3. The molecule has 0 fully saturated rings. The Morgan fingerprint density at radius 2 is 1.70 bits per heavy atom.